The van der Waals surface area contributed by atoms with Gasteiger partial charge in [0.05, 0.1) is 0 Å². The summed E-state index contributed by atoms with van der Waals surface area (Å²) in [6.45, 7) is 6.52. The molecule has 1 fully saturated rings. The molecule has 4 heteroatoms. The summed E-state index contributed by atoms with van der Waals surface area (Å²) in [6.07, 6.45) is 1.23. The average molecular weight is 263 g/mol. The molecule has 0 saturated carbocycles. The Kier molecular flexibility index (Phi) is 4.17. The van der Waals surface area contributed by atoms with Crippen molar-refractivity contribution in [3.8, 4) is 0 Å². The van der Waals surface area contributed by atoms with Crippen LogP contribution in [0.4, 0.5) is 5.69 Å². The van der Waals surface area contributed by atoms with Gasteiger partial charge >= 0.3 is 0 Å². The molecule has 1 unspecified atom stereocenters. The number of nitrogen functional groups attached to an aromatic ring is 1. The summed E-state index contributed by atoms with van der Waals surface area (Å²) in [5.41, 5.74) is 8.75. The molecule has 0 bridgehead atoms. The van der Waals surface area contributed by atoms with Gasteiger partial charge in [-0.3, -0.25) is 5.41 Å². The van der Waals surface area contributed by atoms with E-state index in [4.69, 9.17) is 11.1 Å². The third kappa shape index (κ3) is 2.80. The van der Waals surface area contributed by atoms with E-state index in [1.165, 1.54) is 17.9 Å². The summed E-state index contributed by atoms with van der Waals surface area (Å²) in [6, 6.07) is 6.21. The second-order valence-electron chi connectivity index (χ2n) is 4.76. The van der Waals surface area contributed by atoms with Crippen LogP contribution in [-0.4, -0.2) is 29.9 Å². The van der Waals surface area contributed by atoms with Crippen molar-refractivity contribution in [1.82, 2.24) is 0 Å². The van der Waals surface area contributed by atoms with Crippen LogP contribution in [0.15, 0.2) is 18.2 Å². The third-order valence-corrected chi connectivity index (χ3v) is 4.83. The predicted octanol–water partition coefficient (Wildman–Crippen LogP) is 2.61. The quantitative estimate of drug-likeness (QED) is 0.651. The van der Waals surface area contributed by atoms with Gasteiger partial charge in [0, 0.05) is 35.3 Å². The molecule has 0 amide bonds. The maximum Gasteiger partial charge on any atom is 0.123 e. The van der Waals surface area contributed by atoms with E-state index in [2.05, 4.69) is 35.7 Å². The fourth-order valence-corrected chi connectivity index (χ4v) is 3.53. The highest BCUT2D eigenvalue weighted by Gasteiger charge is 2.19. The number of nitrogens with one attached hydrogen (secondary N) is 1. The summed E-state index contributed by atoms with van der Waals surface area (Å²) < 4.78 is 0. The molecular formula is C14H21N3S. The molecule has 1 aromatic carbocycles. The number of hydrogen-bond donors (Lipinski definition) is 2. The lowest BCUT2D eigenvalue weighted by molar-refractivity contribution is 0.728. The van der Waals surface area contributed by atoms with Gasteiger partial charge in [-0.2, -0.15) is 11.8 Å². The van der Waals surface area contributed by atoms with Gasteiger partial charge < -0.3 is 10.6 Å². The van der Waals surface area contributed by atoms with Gasteiger partial charge in [0.2, 0.25) is 0 Å². The van der Waals surface area contributed by atoms with Crippen LogP contribution in [-0.2, 0) is 0 Å². The van der Waals surface area contributed by atoms with E-state index in [1.807, 2.05) is 13.0 Å². The van der Waals surface area contributed by atoms with Crippen LogP contribution in [0.2, 0.25) is 0 Å². The van der Waals surface area contributed by atoms with Gasteiger partial charge in [-0.05, 0) is 37.1 Å². The monoisotopic (exact) mass is 263 g/mol. The SMILES string of the molecule is CCC1CN(c2ccc(C(=N)N)c(C)c2)CCS1. The summed E-state index contributed by atoms with van der Waals surface area (Å²) in [7, 11) is 0. The molecule has 3 N–H and O–H groups in total. The third-order valence-electron chi connectivity index (χ3n) is 3.46. The molecule has 18 heavy (non-hydrogen) atoms. The summed E-state index contributed by atoms with van der Waals surface area (Å²) in [5.74, 6) is 1.35. The van der Waals surface area contributed by atoms with E-state index in [9.17, 15) is 0 Å². The first-order valence-electron chi connectivity index (χ1n) is 6.43. The number of anilines is 1. The fraction of sp³-hybridized carbons (Fsp3) is 0.500. The zero-order chi connectivity index (χ0) is 13.1. The normalized spacial score (nSPS) is 19.9. The highest BCUT2D eigenvalue weighted by Crippen LogP contribution is 2.27. The van der Waals surface area contributed by atoms with Gasteiger partial charge in [-0.1, -0.05) is 6.92 Å². The molecule has 0 spiro atoms. The number of benzene rings is 1. The largest absolute Gasteiger partial charge is 0.384 e. The Bertz CT molecular complexity index is 445. The number of aryl methyl sites for hydroxylation is 1. The Morgan fingerprint density at radius 2 is 2.33 bits per heavy atom. The molecule has 98 valence electrons. The molecule has 3 nitrogen and oxygen atoms in total. The van der Waals surface area contributed by atoms with E-state index in [0.717, 1.165) is 29.5 Å². The second-order valence-corrected chi connectivity index (χ2v) is 6.17. The Labute approximate surface area is 113 Å². The van der Waals surface area contributed by atoms with Crippen LogP contribution in [0.3, 0.4) is 0 Å². The first kappa shape index (κ1) is 13.3. The smallest absolute Gasteiger partial charge is 0.123 e. The van der Waals surface area contributed by atoms with Crippen molar-refractivity contribution in [2.24, 2.45) is 5.73 Å². The molecule has 1 aliphatic rings. The standard InChI is InChI=1S/C14H21N3S/c1-3-12-9-17(6-7-18-12)11-4-5-13(14(15)16)10(2)8-11/h4-5,8,12H,3,6-7,9H2,1-2H3,(H3,15,16). The Balaban J connectivity index is 2.18. The molecule has 1 aromatic rings. The van der Waals surface area contributed by atoms with Gasteiger partial charge in [0.25, 0.3) is 0 Å². The average Bonchev–Trinajstić information content (AvgIpc) is 2.38. The van der Waals surface area contributed by atoms with Gasteiger partial charge in [0.15, 0.2) is 0 Å². The van der Waals surface area contributed by atoms with E-state index in [-0.39, 0.29) is 5.84 Å². The Morgan fingerprint density at radius 1 is 1.56 bits per heavy atom. The zero-order valence-electron chi connectivity index (χ0n) is 11.1. The lowest BCUT2D eigenvalue weighted by Gasteiger charge is -2.34. The van der Waals surface area contributed by atoms with Crippen LogP contribution < -0.4 is 10.6 Å². The van der Waals surface area contributed by atoms with Crippen molar-refractivity contribution in [3.05, 3.63) is 29.3 Å². The maximum absolute atomic E-state index is 7.51. The minimum absolute atomic E-state index is 0.152. The Morgan fingerprint density at radius 3 is 2.94 bits per heavy atom. The van der Waals surface area contributed by atoms with Crippen molar-refractivity contribution in [2.45, 2.75) is 25.5 Å². The topological polar surface area (TPSA) is 53.1 Å². The second kappa shape index (κ2) is 5.65. The van der Waals surface area contributed by atoms with Crippen molar-refractivity contribution in [2.75, 3.05) is 23.7 Å². The van der Waals surface area contributed by atoms with Gasteiger partial charge in [0.1, 0.15) is 5.84 Å². The molecule has 1 heterocycles. The number of thioether (sulfide) groups is 1. The Hall–Kier alpha value is -1.16. The van der Waals surface area contributed by atoms with Crippen molar-refractivity contribution >= 4 is 23.3 Å². The summed E-state index contributed by atoms with van der Waals surface area (Å²) >= 11 is 2.08. The van der Waals surface area contributed by atoms with Gasteiger partial charge in [-0.15, -0.1) is 0 Å². The molecule has 0 aliphatic carbocycles. The number of nitrogens with two attached hydrogens (primary N) is 1. The van der Waals surface area contributed by atoms with E-state index >= 15 is 0 Å². The lowest BCUT2D eigenvalue weighted by Crippen LogP contribution is -2.37. The number of nitrogens with zero attached hydrogens (tertiary/aromatic N) is 1. The van der Waals surface area contributed by atoms with Crippen LogP contribution in [0.25, 0.3) is 0 Å². The van der Waals surface area contributed by atoms with Crippen LogP contribution >= 0.6 is 11.8 Å². The van der Waals surface area contributed by atoms with E-state index in [1.54, 1.807) is 0 Å². The van der Waals surface area contributed by atoms with Crippen molar-refractivity contribution < 1.29 is 0 Å². The molecule has 0 radical (unpaired) electrons. The highest BCUT2D eigenvalue weighted by atomic mass is 32.2. The summed E-state index contributed by atoms with van der Waals surface area (Å²) in [4.78, 5) is 2.45. The minimum atomic E-state index is 0.152. The number of amidine groups is 1. The van der Waals surface area contributed by atoms with E-state index < -0.39 is 0 Å². The van der Waals surface area contributed by atoms with Crippen LogP contribution in [0.1, 0.15) is 24.5 Å². The lowest BCUT2D eigenvalue weighted by atomic mass is 10.1. The molecule has 1 saturated heterocycles. The molecule has 1 aliphatic heterocycles. The minimum Gasteiger partial charge on any atom is -0.384 e. The zero-order valence-corrected chi connectivity index (χ0v) is 11.9. The molecule has 0 aromatic heterocycles. The predicted molar refractivity (Wildman–Crippen MR) is 80.9 cm³/mol. The first-order valence-corrected chi connectivity index (χ1v) is 7.48. The van der Waals surface area contributed by atoms with Gasteiger partial charge in [-0.25, -0.2) is 0 Å². The van der Waals surface area contributed by atoms with Crippen LogP contribution in [0.5, 0.6) is 0 Å². The first-order chi connectivity index (χ1) is 8.61. The van der Waals surface area contributed by atoms with Crippen molar-refractivity contribution in [3.63, 3.8) is 0 Å². The molecule has 2 rings (SSSR count). The fourth-order valence-electron chi connectivity index (χ4n) is 2.35. The molecule has 1 atom stereocenters. The number of rotatable bonds is 3. The van der Waals surface area contributed by atoms with Crippen molar-refractivity contribution in [1.29, 1.82) is 5.41 Å². The summed E-state index contributed by atoms with van der Waals surface area (Å²) in [5, 5.41) is 8.26. The van der Waals surface area contributed by atoms with E-state index in [0.29, 0.717) is 0 Å². The molecular weight excluding hydrogens is 242 g/mol. The number of hydrogen-bond acceptors (Lipinski definition) is 3. The highest BCUT2D eigenvalue weighted by molar-refractivity contribution is 8.00. The maximum atomic E-state index is 7.51. The van der Waals surface area contributed by atoms with Crippen LogP contribution in [0, 0.1) is 12.3 Å².